The third kappa shape index (κ3) is 45.7. The van der Waals surface area contributed by atoms with Gasteiger partial charge in [0.15, 0.2) is 0 Å². The molecule has 0 aromatic heterocycles. The Hall–Kier alpha value is 0.680. The maximum Gasteiger partial charge on any atom is -0.000735 e. The van der Waals surface area contributed by atoms with Crippen LogP contribution in [0.5, 0.6) is 0 Å². The molecule has 0 saturated heterocycles. The molecule has 0 amide bonds. The van der Waals surface area contributed by atoms with E-state index in [0.717, 1.165) is 0 Å². The summed E-state index contributed by atoms with van der Waals surface area (Å²) in [6.07, 6.45) is 8.38. The highest BCUT2D eigenvalue weighted by Gasteiger charge is 1.58. The van der Waals surface area contributed by atoms with Crippen molar-refractivity contribution in [1.82, 2.24) is 0 Å². The molecule has 12 heavy (non-hydrogen) atoms. The van der Waals surface area contributed by atoms with Crippen molar-refractivity contribution >= 4 is 45.2 Å². The van der Waals surface area contributed by atoms with Gasteiger partial charge in [-0.1, -0.05) is 89.6 Å². The molecule has 0 fully saturated rings. The van der Waals surface area contributed by atoms with Crippen LogP contribution >= 0.6 is 45.2 Å². The molecule has 0 aliphatic rings. The second-order valence-electron chi connectivity index (χ2n) is 1.55. The molecule has 0 aromatic rings. The predicted octanol–water partition coefficient (Wildman–Crippen LogP) is 4.80. The van der Waals surface area contributed by atoms with Crippen LogP contribution in [0.4, 0.5) is 0 Å². The highest BCUT2D eigenvalue weighted by Crippen LogP contribution is 1.81. The molecule has 0 unspecified atom stereocenters. The Labute approximate surface area is 104 Å². The van der Waals surface area contributed by atoms with Gasteiger partial charge >= 0.3 is 0 Å². The van der Waals surface area contributed by atoms with Crippen LogP contribution in [-0.2, 0) is 0 Å². The zero-order chi connectivity index (χ0) is 10.2. The highest BCUT2D eigenvalue weighted by atomic mass is 127. The summed E-state index contributed by atoms with van der Waals surface area (Å²) in [4.78, 5) is 1.97. The molecule has 0 aliphatic heterocycles. The maximum absolute atomic E-state index is 3.46. The fourth-order valence-corrected chi connectivity index (χ4v) is 0.157. The lowest BCUT2D eigenvalue weighted by molar-refractivity contribution is 1.13. The van der Waals surface area contributed by atoms with Gasteiger partial charge in [-0.05, 0) is 15.8 Å². The average Bonchev–Trinajstić information content (AvgIpc) is 2.18. The molecule has 0 atom stereocenters. The summed E-state index contributed by atoms with van der Waals surface area (Å²) >= 11 is 4.50. The zero-order valence-electron chi connectivity index (χ0n) is 7.89. The number of rotatable bonds is 3. The number of hydrogen-bond donors (Lipinski definition) is 0. The quantitative estimate of drug-likeness (QED) is 0.368. The maximum atomic E-state index is 3.46. The standard InChI is InChI=1S/C6H8.C3H7I.CH3I/c1-3-5-6-4-2;1-2-3-4;1-2/h3-6H,1-2H2;2-3H2,1H3;1H3/b6-5-;;. The first-order chi connectivity index (χ1) is 5.83. The van der Waals surface area contributed by atoms with Crippen LogP contribution in [0.2, 0.25) is 0 Å². The van der Waals surface area contributed by atoms with E-state index >= 15 is 0 Å². The zero-order valence-corrected chi connectivity index (χ0v) is 12.2. The first-order valence-corrected chi connectivity index (χ1v) is 7.35. The van der Waals surface area contributed by atoms with Crippen molar-refractivity contribution in [1.29, 1.82) is 0 Å². The van der Waals surface area contributed by atoms with Gasteiger partial charge in [-0.25, -0.2) is 0 Å². The van der Waals surface area contributed by atoms with E-state index in [4.69, 9.17) is 0 Å². The Kier molecular flexibility index (Phi) is 45.9. The van der Waals surface area contributed by atoms with Gasteiger partial charge in [0, 0.05) is 0 Å². The van der Waals surface area contributed by atoms with Crippen LogP contribution in [-0.4, -0.2) is 9.36 Å². The number of allylic oxidation sites excluding steroid dienone is 4. The van der Waals surface area contributed by atoms with Crippen molar-refractivity contribution in [3.05, 3.63) is 37.5 Å². The Bertz CT molecular complexity index is 84.0. The van der Waals surface area contributed by atoms with E-state index < -0.39 is 0 Å². The largest absolute Gasteiger partial charge is 0.0991 e. The minimum Gasteiger partial charge on any atom is -0.0991 e. The van der Waals surface area contributed by atoms with E-state index in [1.165, 1.54) is 10.8 Å². The van der Waals surface area contributed by atoms with Gasteiger partial charge in [-0.3, -0.25) is 0 Å². The molecule has 2 heteroatoms. The Morgan fingerprint density at radius 2 is 1.33 bits per heavy atom. The van der Waals surface area contributed by atoms with Crippen molar-refractivity contribution < 1.29 is 0 Å². The lowest BCUT2D eigenvalue weighted by Crippen LogP contribution is -1.54. The predicted molar refractivity (Wildman–Crippen MR) is 78.7 cm³/mol. The van der Waals surface area contributed by atoms with Gasteiger partial charge < -0.3 is 0 Å². The summed E-state index contributed by atoms with van der Waals surface area (Å²) in [6, 6.07) is 0. The summed E-state index contributed by atoms with van der Waals surface area (Å²) in [5.41, 5.74) is 0. The SMILES string of the molecule is C=C/C=C\C=C.CCCI.CI. The molecule has 0 N–H and O–H groups in total. The Morgan fingerprint density at radius 3 is 1.42 bits per heavy atom. The molecule has 0 heterocycles. The molecule has 0 saturated carbocycles. The van der Waals surface area contributed by atoms with Crippen molar-refractivity contribution in [3.8, 4) is 0 Å². The van der Waals surface area contributed by atoms with Gasteiger partial charge in [-0.15, -0.1) is 0 Å². The van der Waals surface area contributed by atoms with Crippen molar-refractivity contribution in [2.75, 3.05) is 9.36 Å². The third-order valence-electron chi connectivity index (χ3n) is 0.572. The summed E-state index contributed by atoms with van der Waals surface area (Å²) in [7, 11) is 0. The number of alkyl halides is 2. The van der Waals surface area contributed by atoms with Crippen molar-refractivity contribution in [3.63, 3.8) is 0 Å². The van der Waals surface area contributed by atoms with Crippen molar-refractivity contribution in [2.24, 2.45) is 0 Å². The van der Waals surface area contributed by atoms with Gasteiger partial charge in [0.25, 0.3) is 0 Å². The molecule has 0 aliphatic carbocycles. The van der Waals surface area contributed by atoms with Crippen LogP contribution in [0.25, 0.3) is 0 Å². The molecule has 0 rings (SSSR count). The Balaban J connectivity index is -0.000000118. The van der Waals surface area contributed by atoms with E-state index in [0.29, 0.717) is 0 Å². The molecular formula is C10H18I2. The monoisotopic (exact) mass is 392 g/mol. The van der Waals surface area contributed by atoms with Crippen LogP contribution in [0, 0.1) is 0 Å². The van der Waals surface area contributed by atoms with E-state index in [-0.39, 0.29) is 0 Å². The Morgan fingerprint density at radius 1 is 1.08 bits per heavy atom. The van der Waals surface area contributed by atoms with Crippen LogP contribution in [0.15, 0.2) is 37.5 Å². The molecule has 72 valence electrons. The average molecular weight is 392 g/mol. The second-order valence-corrected chi connectivity index (χ2v) is 2.62. The summed E-state index contributed by atoms with van der Waals surface area (Å²) in [5, 5.41) is 0. The molecule has 0 spiro atoms. The molecular weight excluding hydrogens is 374 g/mol. The van der Waals surface area contributed by atoms with Gasteiger partial charge in [-0.2, -0.15) is 0 Å². The van der Waals surface area contributed by atoms with E-state index in [9.17, 15) is 0 Å². The minimum absolute atomic E-state index is 1.29. The molecule has 0 aromatic carbocycles. The summed E-state index contributed by atoms with van der Waals surface area (Å²) in [5.74, 6) is 0. The van der Waals surface area contributed by atoms with E-state index in [2.05, 4.69) is 65.3 Å². The van der Waals surface area contributed by atoms with Crippen LogP contribution < -0.4 is 0 Å². The first kappa shape index (κ1) is 18.5. The third-order valence-corrected chi connectivity index (χ3v) is 1.65. The number of hydrogen-bond acceptors (Lipinski definition) is 0. The van der Waals surface area contributed by atoms with Crippen LogP contribution in [0.1, 0.15) is 13.3 Å². The lowest BCUT2D eigenvalue weighted by atomic mass is 10.5. The first-order valence-electron chi connectivity index (χ1n) is 3.67. The molecule has 0 bridgehead atoms. The molecule has 0 nitrogen and oxygen atoms in total. The fraction of sp³-hybridized carbons (Fsp3) is 0.400. The van der Waals surface area contributed by atoms with Gasteiger partial charge in [0.1, 0.15) is 0 Å². The summed E-state index contributed by atoms with van der Waals surface area (Å²) < 4.78 is 1.29. The highest BCUT2D eigenvalue weighted by molar-refractivity contribution is 14.1. The number of halogens is 2. The van der Waals surface area contributed by atoms with E-state index in [1.807, 2.05) is 17.1 Å². The topological polar surface area (TPSA) is 0 Å². The van der Waals surface area contributed by atoms with Gasteiger partial charge in [0.2, 0.25) is 0 Å². The molecule has 0 radical (unpaired) electrons. The normalized spacial score (nSPS) is 7.33. The summed E-state index contributed by atoms with van der Waals surface area (Å²) in [6.45, 7) is 9.10. The minimum atomic E-state index is 1.29. The van der Waals surface area contributed by atoms with Gasteiger partial charge in [0.05, 0.1) is 0 Å². The smallest absolute Gasteiger partial charge is 0.000735 e. The lowest BCUT2D eigenvalue weighted by Gasteiger charge is -1.66. The van der Waals surface area contributed by atoms with E-state index in [1.54, 1.807) is 12.2 Å². The van der Waals surface area contributed by atoms with Crippen molar-refractivity contribution in [2.45, 2.75) is 13.3 Å². The fourth-order valence-electron chi connectivity index (χ4n) is 0.157. The van der Waals surface area contributed by atoms with Crippen LogP contribution in [0.3, 0.4) is 0 Å². The second kappa shape index (κ2) is 29.9.